The quantitative estimate of drug-likeness (QED) is 0.102. The molecule has 0 fully saturated rings. The molecule has 1 aromatic rings. The van der Waals surface area contributed by atoms with Crippen molar-refractivity contribution in [3.05, 3.63) is 18.2 Å². The van der Waals surface area contributed by atoms with E-state index in [1.54, 1.807) is 0 Å². The maximum absolute atomic E-state index is 12.7. The van der Waals surface area contributed by atoms with Crippen LogP contribution in [-0.2, 0) is 40.0 Å². The molecule has 198 valence electrons. The van der Waals surface area contributed by atoms with Gasteiger partial charge in [0.2, 0.25) is 23.6 Å². The summed E-state index contributed by atoms with van der Waals surface area (Å²) in [5.41, 5.74) is 11.0. The minimum absolute atomic E-state index is 0.233. The first-order valence-corrected chi connectivity index (χ1v) is 10.4. The van der Waals surface area contributed by atoms with Gasteiger partial charge in [-0.1, -0.05) is 0 Å². The number of H-pyrrole nitrogens is 1. The Morgan fingerprint density at radius 2 is 1.42 bits per heavy atom. The molecule has 0 spiro atoms. The minimum atomic E-state index is -1.80. The van der Waals surface area contributed by atoms with E-state index >= 15 is 0 Å². The summed E-state index contributed by atoms with van der Waals surface area (Å²) in [6, 6.07) is -6.36. The highest BCUT2D eigenvalue weighted by Crippen LogP contribution is 2.04. The highest BCUT2D eigenvalue weighted by molar-refractivity contribution is 5.97. The molecule has 0 radical (unpaired) electrons. The third kappa shape index (κ3) is 10.6. The van der Waals surface area contributed by atoms with Gasteiger partial charge >= 0.3 is 17.9 Å². The SMILES string of the molecule is NC(=O)CC(NC(=O)C(N)CCC(=O)O)C(=O)NC(CC(=O)O)C(=O)NC(Cc1cnc[nH]1)C(=O)O. The second kappa shape index (κ2) is 14.0. The number of carbonyl (C=O) groups is 7. The number of imidazole rings is 1. The van der Waals surface area contributed by atoms with E-state index in [4.69, 9.17) is 21.7 Å². The van der Waals surface area contributed by atoms with Gasteiger partial charge in [-0.3, -0.25) is 28.8 Å². The topological polar surface area (TPSA) is 297 Å². The Balaban J connectivity index is 2.97. The summed E-state index contributed by atoms with van der Waals surface area (Å²) in [5, 5.41) is 33.5. The molecule has 36 heavy (non-hydrogen) atoms. The van der Waals surface area contributed by atoms with Crippen LogP contribution in [0.25, 0.3) is 0 Å². The molecule has 1 aromatic heterocycles. The average Bonchev–Trinajstić information content (AvgIpc) is 3.28. The molecule has 0 bridgehead atoms. The van der Waals surface area contributed by atoms with Crippen LogP contribution in [0.4, 0.5) is 0 Å². The lowest BCUT2D eigenvalue weighted by atomic mass is 10.1. The average molecular weight is 513 g/mol. The summed E-state index contributed by atoms with van der Waals surface area (Å²) in [6.07, 6.45) is -0.107. The van der Waals surface area contributed by atoms with Crippen LogP contribution in [-0.4, -0.2) is 91.0 Å². The van der Waals surface area contributed by atoms with Crippen LogP contribution in [0.5, 0.6) is 0 Å². The van der Waals surface area contributed by atoms with Gasteiger partial charge in [0.25, 0.3) is 0 Å². The van der Waals surface area contributed by atoms with Gasteiger partial charge in [-0.05, 0) is 6.42 Å². The molecule has 0 aliphatic rings. The number of carboxylic acid groups (broad SMARTS) is 3. The summed E-state index contributed by atoms with van der Waals surface area (Å²) < 4.78 is 0. The van der Waals surface area contributed by atoms with Crippen LogP contribution in [0.1, 0.15) is 31.4 Å². The predicted molar refractivity (Wildman–Crippen MR) is 117 cm³/mol. The van der Waals surface area contributed by atoms with Crippen molar-refractivity contribution in [3.8, 4) is 0 Å². The van der Waals surface area contributed by atoms with E-state index < -0.39 is 85.0 Å². The summed E-state index contributed by atoms with van der Waals surface area (Å²) >= 11 is 0. The number of aliphatic carboxylic acids is 3. The lowest BCUT2D eigenvalue weighted by Gasteiger charge is -2.24. The normalized spacial score (nSPS) is 13.9. The number of primary amides is 1. The van der Waals surface area contributed by atoms with Crippen LogP contribution < -0.4 is 27.4 Å². The molecular weight excluding hydrogens is 486 g/mol. The molecule has 4 unspecified atom stereocenters. The van der Waals surface area contributed by atoms with E-state index in [1.807, 2.05) is 5.32 Å². The van der Waals surface area contributed by atoms with Crippen molar-refractivity contribution in [2.24, 2.45) is 11.5 Å². The highest BCUT2D eigenvalue weighted by Gasteiger charge is 2.32. The lowest BCUT2D eigenvalue weighted by molar-refractivity contribution is -0.144. The van der Waals surface area contributed by atoms with Crippen LogP contribution in [0.2, 0.25) is 0 Å². The van der Waals surface area contributed by atoms with Crippen LogP contribution in [0, 0.1) is 0 Å². The fraction of sp³-hybridized carbons (Fsp3) is 0.474. The molecule has 0 saturated heterocycles. The van der Waals surface area contributed by atoms with Crippen LogP contribution in [0.3, 0.4) is 0 Å². The monoisotopic (exact) mass is 513 g/mol. The molecule has 17 heteroatoms. The number of rotatable bonds is 16. The van der Waals surface area contributed by atoms with Gasteiger partial charge in [0.05, 0.1) is 25.2 Å². The number of amides is 4. The first-order chi connectivity index (χ1) is 16.8. The van der Waals surface area contributed by atoms with E-state index in [9.17, 15) is 38.7 Å². The number of aromatic nitrogens is 2. The van der Waals surface area contributed by atoms with Crippen molar-refractivity contribution in [1.29, 1.82) is 0 Å². The second-order valence-corrected chi connectivity index (χ2v) is 7.61. The zero-order valence-electron chi connectivity index (χ0n) is 18.8. The number of aromatic amines is 1. The fourth-order valence-electron chi connectivity index (χ4n) is 2.84. The Labute approximate surface area is 203 Å². The van der Waals surface area contributed by atoms with Crippen molar-refractivity contribution in [1.82, 2.24) is 25.9 Å². The molecule has 17 nitrogen and oxygen atoms in total. The molecule has 0 aliphatic heterocycles. The zero-order chi connectivity index (χ0) is 27.4. The summed E-state index contributed by atoms with van der Waals surface area (Å²) in [5.74, 6) is -8.59. The summed E-state index contributed by atoms with van der Waals surface area (Å²) in [7, 11) is 0. The molecule has 0 aliphatic carbocycles. The van der Waals surface area contributed by atoms with E-state index in [0.29, 0.717) is 5.69 Å². The number of hydrogen-bond acceptors (Lipinski definition) is 9. The maximum Gasteiger partial charge on any atom is 0.326 e. The van der Waals surface area contributed by atoms with Crippen molar-refractivity contribution in [3.63, 3.8) is 0 Å². The Morgan fingerprint density at radius 1 is 0.861 bits per heavy atom. The van der Waals surface area contributed by atoms with Gasteiger partial charge in [0.15, 0.2) is 0 Å². The number of carboxylic acids is 3. The summed E-state index contributed by atoms with van der Waals surface area (Å²) in [6.45, 7) is 0. The van der Waals surface area contributed by atoms with E-state index in [2.05, 4.69) is 20.6 Å². The molecular formula is C19H27N7O10. The molecule has 0 aromatic carbocycles. The van der Waals surface area contributed by atoms with Gasteiger partial charge in [-0.15, -0.1) is 0 Å². The number of hydrogen-bond donors (Lipinski definition) is 9. The van der Waals surface area contributed by atoms with Crippen molar-refractivity contribution in [2.75, 3.05) is 0 Å². The molecule has 4 amide bonds. The van der Waals surface area contributed by atoms with Crippen LogP contribution >= 0.6 is 0 Å². The second-order valence-electron chi connectivity index (χ2n) is 7.61. The number of nitrogens with zero attached hydrogens (tertiary/aromatic N) is 1. The maximum atomic E-state index is 12.7. The minimum Gasteiger partial charge on any atom is -0.481 e. The number of nitrogens with two attached hydrogens (primary N) is 2. The predicted octanol–water partition coefficient (Wildman–Crippen LogP) is -3.97. The smallest absolute Gasteiger partial charge is 0.326 e. The Hall–Kier alpha value is -4.54. The van der Waals surface area contributed by atoms with E-state index in [0.717, 1.165) is 0 Å². The molecule has 4 atom stereocenters. The standard InChI is InChI=1S/C19H27N7O10/c20-9(1-2-14(28)29)16(32)24-10(4-13(21)27)17(33)25-11(5-15(30)31)18(34)26-12(19(35)36)3-8-6-22-7-23-8/h6-7,9-12H,1-5,20H2,(H2,21,27)(H,22,23)(H,24,32)(H,25,33)(H,26,34)(H,28,29)(H,30,31)(H,35,36). The Kier molecular flexibility index (Phi) is 11.5. The lowest BCUT2D eigenvalue weighted by Crippen LogP contribution is -2.58. The fourth-order valence-corrected chi connectivity index (χ4v) is 2.84. The Morgan fingerprint density at radius 3 is 1.89 bits per heavy atom. The largest absolute Gasteiger partial charge is 0.481 e. The van der Waals surface area contributed by atoms with Crippen molar-refractivity contribution in [2.45, 2.75) is 56.3 Å². The third-order valence-corrected chi connectivity index (χ3v) is 4.65. The van der Waals surface area contributed by atoms with Gasteiger partial charge < -0.3 is 47.7 Å². The van der Waals surface area contributed by atoms with Crippen LogP contribution in [0.15, 0.2) is 12.5 Å². The van der Waals surface area contributed by atoms with Gasteiger partial charge in [-0.2, -0.15) is 0 Å². The third-order valence-electron chi connectivity index (χ3n) is 4.65. The first kappa shape index (κ1) is 29.5. The van der Waals surface area contributed by atoms with Crippen molar-refractivity contribution < 1.29 is 48.9 Å². The van der Waals surface area contributed by atoms with Crippen molar-refractivity contribution >= 4 is 41.5 Å². The van der Waals surface area contributed by atoms with E-state index in [-0.39, 0.29) is 12.8 Å². The van der Waals surface area contributed by atoms with E-state index in [1.165, 1.54) is 12.5 Å². The van der Waals surface area contributed by atoms with Gasteiger partial charge in [0.1, 0.15) is 18.1 Å². The highest BCUT2D eigenvalue weighted by atomic mass is 16.4. The van der Waals surface area contributed by atoms with Gasteiger partial charge in [-0.25, -0.2) is 9.78 Å². The number of nitrogens with one attached hydrogen (secondary N) is 4. The molecule has 0 saturated carbocycles. The molecule has 1 heterocycles. The number of carbonyl (C=O) groups excluding carboxylic acids is 4. The summed E-state index contributed by atoms with van der Waals surface area (Å²) in [4.78, 5) is 88.7. The molecule has 11 N–H and O–H groups in total. The first-order valence-electron chi connectivity index (χ1n) is 10.4. The van der Waals surface area contributed by atoms with Gasteiger partial charge in [0, 0.05) is 24.7 Å². The zero-order valence-corrected chi connectivity index (χ0v) is 18.8. The Bertz CT molecular complexity index is 981. The molecule has 1 rings (SSSR count).